The maximum absolute atomic E-state index is 13.5. The van der Waals surface area contributed by atoms with Crippen LogP contribution in [0.3, 0.4) is 0 Å². The first-order chi connectivity index (χ1) is 14.6. The number of anilines is 1. The van der Waals surface area contributed by atoms with Crippen LogP contribution in [0.15, 0.2) is 51.9 Å². The number of nitrogens with zero attached hydrogens (tertiary/aromatic N) is 2. The van der Waals surface area contributed by atoms with Crippen LogP contribution in [0.1, 0.15) is 28.1 Å². The Morgan fingerprint density at radius 1 is 1.06 bits per heavy atom. The van der Waals surface area contributed by atoms with Gasteiger partial charge >= 0.3 is 0 Å². The largest absolute Gasteiger partial charge is 0.360 e. The van der Waals surface area contributed by atoms with Crippen molar-refractivity contribution >= 4 is 21.6 Å². The molecule has 7 nitrogen and oxygen atoms in total. The van der Waals surface area contributed by atoms with Gasteiger partial charge in [0.2, 0.25) is 5.91 Å². The van der Waals surface area contributed by atoms with Crippen LogP contribution in [0, 0.1) is 33.5 Å². The summed E-state index contributed by atoms with van der Waals surface area (Å²) < 4.78 is 46.2. The molecule has 0 saturated heterocycles. The topological polar surface area (TPSA) is 92.5 Å². The molecule has 0 atom stereocenters. The molecule has 0 unspecified atom stereocenters. The normalized spacial score (nSPS) is 11.4. The molecule has 1 N–H and O–H groups in total. The lowest BCUT2D eigenvalue weighted by Crippen LogP contribution is -2.41. The molecule has 0 aliphatic heterocycles. The third-order valence-corrected chi connectivity index (χ3v) is 6.72. The minimum absolute atomic E-state index is 0.0574. The minimum Gasteiger partial charge on any atom is -0.360 e. The van der Waals surface area contributed by atoms with Crippen LogP contribution in [-0.2, 0) is 21.4 Å². The predicted molar refractivity (Wildman–Crippen MR) is 115 cm³/mol. The number of carbonyl (C=O) groups is 1. The first-order valence-corrected chi connectivity index (χ1v) is 11.1. The maximum Gasteiger partial charge on any atom is 0.270 e. The molecule has 0 aliphatic rings. The molecular formula is C22H24FN3O4S. The van der Waals surface area contributed by atoms with E-state index in [1.165, 1.54) is 26.0 Å². The van der Waals surface area contributed by atoms with Gasteiger partial charge in [-0.2, -0.15) is 0 Å². The Kier molecular flexibility index (Phi) is 6.45. The quantitative estimate of drug-likeness (QED) is 0.600. The number of amides is 1. The summed E-state index contributed by atoms with van der Waals surface area (Å²) in [6, 6.07) is 11.0. The molecule has 0 bridgehead atoms. The van der Waals surface area contributed by atoms with E-state index in [4.69, 9.17) is 4.52 Å². The fourth-order valence-corrected chi connectivity index (χ4v) is 5.05. The number of nitrogens with one attached hydrogen (secondary N) is 1. The van der Waals surface area contributed by atoms with Gasteiger partial charge in [-0.25, -0.2) is 12.8 Å². The Morgan fingerprint density at radius 3 is 2.23 bits per heavy atom. The molecule has 0 radical (unpaired) electrons. The summed E-state index contributed by atoms with van der Waals surface area (Å²) in [7, 11) is -4.12. The second-order valence-electron chi connectivity index (χ2n) is 7.41. The number of rotatable bonds is 7. The average molecular weight is 446 g/mol. The van der Waals surface area contributed by atoms with Crippen LogP contribution in [0.2, 0.25) is 0 Å². The molecule has 3 aromatic rings. The molecule has 1 aromatic heterocycles. The molecular weight excluding hydrogens is 421 g/mol. The number of aryl methyl sites for hydroxylation is 4. The summed E-state index contributed by atoms with van der Waals surface area (Å²) in [5.74, 6) is -0.723. The number of benzene rings is 2. The lowest BCUT2D eigenvalue weighted by molar-refractivity contribution is -0.119. The second kappa shape index (κ2) is 8.89. The zero-order valence-electron chi connectivity index (χ0n) is 17.8. The van der Waals surface area contributed by atoms with Crippen molar-refractivity contribution in [3.63, 3.8) is 0 Å². The first-order valence-electron chi connectivity index (χ1n) is 9.63. The smallest absolute Gasteiger partial charge is 0.270 e. The van der Waals surface area contributed by atoms with Gasteiger partial charge in [0.1, 0.15) is 18.1 Å². The second-order valence-corrected chi connectivity index (χ2v) is 9.21. The highest BCUT2D eigenvalue weighted by atomic mass is 32.2. The van der Waals surface area contributed by atoms with Gasteiger partial charge in [0.15, 0.2) is 10.7 Å². The molecule has 0 saturated carbocycles. The van der Waals surface area contributed by atoms with Gasteiger partial charge in [-0.15, -0.1) is 0 Å². The molecule has 31 heavy (non-hydrogen) atoms. The van der Waals surface area contributed by atoms with Crippen molar-refractivity contribution in [3.05, 3.63) is 76.4 Å². The monoisotopic (exact) mass is 445 g/mol. The van der Waals surface area contributed by atoms with Crippen molar-refractivity contribution in [2.75, 3.05) is 10.8 Å². The Labute approximate surface area is 180 Å². The summed E-state index contributed by atoms with van der Waals surface area (Å²) in [6.45, 7) is 6.47. The van der Waals surface area contributed by atoms with E-state index in [0.29, 0.717) is 11.3 Å². The van der Waals surface area contributed by atoms with Crippen molar-refractivity contribution in [1.29, 1.82) is 0 Å². The maximum atomic E-state index is 13.5. The Hall–Kier alpha value is -3.20. The lowest BCUT2D eigenvalue weighted by Gasteiger charge is -2.24. The lowest BCUT2D eigenvalue weighted by atomic mass is 10.1. The van der Waals surface area contributed by atoms with E-state index in [0.717, 1.165) is 15.4 Å². The number of aromatic nitrogens is 1. The Balaban J connectivity index is 1.92. The zero-order chi connectivity index (χ0) is 22.8. The van der Waals surface area contributed by atoms with E-state index in [2.05, 4.69) is 10.5 Å². The molecule has 3 rings (SSSR count). The van der Waals surface area contributed by atoms with Gasteiger partial charge in [0, 0.05) is 6.54 Å². The van der Waals surface area contributed by atoms with Crippen LogP contribution in [0.4, 0.5) is 10.1 Å². The van der Waals surface area contributed by atoms with E-state index >= 15 is 0 Å². The van der Waals surface area contributed by atoms with Gasteiger partial charge in [-0.05, 0) is 68.7 Å². The first kappa shape index (κ1) is 22.5. The van der Waals surface area contributed by atoms with Crippen LogP contribution in [0.25, 0.3) is 0 Å². The molecule has 1 heterocycles. The molecule has 0 aliphatic carbocycles. The fraction of sp³-hybridized carbons (Fsp3) is 0.273. The summed E-state index contributed by atoms with van der Waals surface area (Å²) in [6.07, 6.45) is 0. The van der Waals surface area contributed by atoms with E-state index in [9.17, 15) is 17.6 Å². The minimum atomic E-state index is -4.12. The predicted octanol–water partition coefficient (Wildman–Crippen LogP) is 3.56. The van der Waals surface area contributed by atoms with E-state index < -0.39 is 22.5 Å². The van der Waals surface area contributed by atoms with Crippen molar-refractivity contribution in [1.82, 2.24) is 10.5 Å². The average Bonchev–Trinajstić information content (AvgIpc) is 3.03. The summed E-state index contributed by atoms with van der Waals surface area (Å²) in [4.78, 5) is 12.6. The van der Waals surface area contributed by atoms with Crippen molar-refractivity contribution < 1.29 is 22.1 Å². The van der Waals surface area contributed by atoms with Gasteiger partial charge < -0.3 is 9.84 Å². The molecule has 9 heteroatoms. The van der Waals surface area contributed by atoms with Gasteiger partial charge in [-0.3, -0.25) is 9.10 Å². The summed E-state index contributed by atoms with van der Waals surface area (Å²) in [5.41, 5.74) is 3.01. The van der Waals surface area contributed by atoms with Crippen LogP contribution < -0.4 is 9.62 Å². The van der Waals surface area contributed by atoms with Crippen LogP contribution in [0.5, 0.6) is 0 Å². The fourth-order valence-electron chi connectivity index (χ4n) is 3.35. The third-order valence-electron chi connectivity index (χ3n) is 4.70. The summed E-state index contributed by atoms with van der Waals surface area (Å²) >= 11 is 0. The molecule has 1 amide bonds. The Morgan fingerprint density at radius 2 is 1.68 bits per heavy atom. The van der Waals surface area contributed by atoms with Gasteiger partial charge in [0.25, 0.3) is 10.0 Å². The van der Waals surface area contributed by atoms with Crippen molar-refractivity contribution in [3.8, 4) is 0 Å². The highest BCUT2D eigenvalue weighted by Crippen LogP contribution is 2.29. The third kappa shape index (κ3) is 5.11. The molecule has 164 valence electrons. The van der Waals surface area contributed by atoms with Gasteiger partial charge in [0.05, 0.1) is 5.69 Å². The number of carbonyl (C=O) groups excluding carboxylic acids is 1. The number of hydrogen-bond acceptors (Lipinski definition) is 5. The highest BCUT2D eigenvalue weighted by Gasteiger charge is 2.33. The molecule has 2 aromatic carbocycles. The molecule has 0 spiro atoms. The van der Waals surface area contributed by atoms with Crippen LogP contribution in [-0.4, -0.2) is 26.0 Å². The van der Waals surface area contributed by atoms with E-state index in [1.807, 2.05) is 19.9 Å². The number of hydrogen-bond donors (Lipinski definition) is 1. The Bertz CT molecular complexity index is 1160. The van der Waals surface area contributed by atoms with Crippen molar-refractivity contribution in [2.45, 2.75) is 39.1 Å². The standard InChI is InChI=1S/C22H24FN3O4S/c1-14-9-15(2)11-20(10-14)26(31(28,29)22-16(3)25-30-17(22)4)13-21(27)24-12-18-5-7-19(23)8-6-18/h5-11H,12-13H2,1-4H3,(H,24,27). The number of sulfonamides is 1. The van der Waals surface area contributed by atoms with Crippen molar-refractivity contribution in [2.24, 2.45) is 0 Å². The van der Waals surface area contributed by atoms with E-state index in [1.54, 1.807) is 24.3 Å². The van der Waals surface area contributed by atoms with Crippen LogP contribution >= 0.6 is 0 Å². The SMILES string of the molecule is Cc1cc(C)cc(N(CC(=O)NCc2ccc(F)cc2)S(=O)(=O)c2c(C)noc2C)c1. The zero-order valence-corrected chi connectivity index (χ0v) is 18.6. The highest BCUT2D eigenvalue weighted by molar-refractivity contribution is 7.93. The summed E-state index contributed by atoms with van der Waals surface area (Å²) in [5, 5.41) is 6.43. The van der Waals surface area contributed by atoms with Gasteiger partial charge in [-0.1, -0.05) is 23.4 Å². The molecule has 0 fully saturated rings. The number of halogens is 1. The van der Waals surface area contributed by atoms with E-state index in [-0.39, 0.29) is 28.7 Å².